The fourth-order valence-electron chi connectivity index (χ4n) is 1.32. The summed E-state index contributed by atoms with van der Waals surface area (Å²) >= 11 is -0.760. The van der Waals surface area contributed by atoms with E-state index in [0.29, 0.717) is 7.53 Å². The summed E-state index contributed by atoms with van der Waals surface area (Å²) in [6.45, 7) is -0.705. The number of hydrogen-bond acceptors (Lipinski definition) is 6. The van der Waals surface area contributed by atoms with E-state index in [1.165, 1.54) is 0 Å². The molecule has 0 bridgehead atoms. The molecule has 2 rings (SSSR count). The third-order valence-corrected chi connectivity index (χ3v) is 4.24. The van der Waals surface area contributed by atoms with Crippen molar-refractivity contribution in [2.45, 2.75) is 13.1 Å². The average Bonchev–Trinajstić information content (AvgIpc) is 2.88. The lowest BCUT2D eigenvalue weighted by atomic mass is 10.5. The molecule has 9 heteroatoms. The molecule has 0 saturated heterocycles. The molecule has 0 amide bonds. The second-order valence-electron chi connectivity index (χ2n) is 3.49. The second-order valence-corrected chi connectivity index (χ2v) is 6.15. The first-order chi connectivity index (χ1) is 9.02. The fourth-order valence-corrected chi connectivity index (χ4v) is 3.35. The van der Waals surface area contributed by atoms with Gasteiger partial charge in [0, 0.05) is 22.0 Å². The lowest BCUT2D eigenvalue weighted by Gasteiger charge is -1.85. The number of nitro groups is 2. The summed E-state index contributed by atoms with van der Waals surface area (Å²) in [6, 6.07) is 6.45. The van der Waals surface area contributed by atoms with Gasteiger partial charge >= 0.3 is 28.7 Å². The summed E-state index contributed by atoms with van der Waals surface area (Å²) in [5, 5.41) is 20.6. The molecule has 0 saturated carbocycles. The highest BCUT2D eigenvalue weighted by molar-refractivity contribution is 4.97. The van der Waals surface area contributed by atoms with Crippen molar-refractivity contribution in [1.29, 1.82) is 0 Å². The molecule has 8 nitrogen and oxygen atoms in total. The molecular weight excluding hydrogens is 371 g/mol. The summed E-state index contributed by atoms with van der Waals surface area (Å²) in [5.41, 5.74) is 0. The first kappa shape index (κ1) is 13.5. The van der Waals surface area contributed by atoms with Gasteiger partial charge in [-0.25, -0.2) is 0 Å². The van der Waals surface area contributed by atoms with Crippen LogP contribution >= 0.6 is 0 Å². The first-order valence-corrected chi connectivity index (χ1v) is 7.24. The van der Waals surface area contributed by atoms with Gasteiger partial charge in [-0.1, -0.05) is 0 Å². The lowest BCUT2D eigenvalue weighted by Crippen LogP contribution is -3.61. The van der Waals surface area contributed by atoms with E-state index in [4.69, 9.17) is 8.83 Å². The molecular formula is C10H8IN2O6+. The molecule has 0 aliphatic rings. The molecule has 0 fully saturated rings. The van der Waals surface area contributed by atoms with Crippen LogP contribution < -0.4 is 21.2 Å². The van der Waals surface area contributed by atoms with Crippen LogP contribution in [0.4, 0.5) is 0 Å². The van der Waals surface area contributed by atoms with Crippen molar-refractivity contribution in [2.75, 3.05) is 0 Å². The van der Waals surface area contributed by atoms with Gasteiger partial charge in [0.1, 0.15) is 0 Å². The van der Waals surface area contributed by atoms with Gasteiger partial charge in [-0.3, -0.25) is 20.2 Å². The van der Waals surface area contributed by atoms with E-state index in [9.17, 15) is 20.2 Å². The van der Waals surface area contributed by atoms with Crippen LogP contribution in [-0.2, 0) is 13.1 Å². The zero-order valence-electron chi connectivity index (χ0n) is 9.45. The third-order valence-electron chi connectivity index (χ3n) is 2.01. The number of rotatable bonds is 6. The van der Waals surface area contributed by atoms with Crippen molar-refractivity contribution in [2.24, 2.45) is 0 Å². The van der Waals surface area contributed by atoms with Gasteiger partial charge in [-0.15, -0.1) is 0 Å². The number of halogens is 1. The molecule has 0 N–H and O–H groups in total. The molecule has 0 atom stereocenters. The molecule has 0 radical (unpaired) electrons. The van der Waals surface area contributed by atoms with Gasteiger partial charge < -0.3 is 8.83 Å². The fraction of sp³-hybridized carbons (Fsp3) is 0.200. The van der Waals surface area contributed by atoms with Crippen molar-refractivity contribution in [3.63, 3.8) is 0 Å². The van der Waals surface area contributed by atoms with Crippen LogP contribution in [-0.4, -0.2) is 9.85 Å². The van der Waals surface area contributed by atoms with Crippen LogP contribution in [0.5, 0.6) is 0 Å². The predicted molar refractivity (Wildman–Crippen MR) is 56.2 cm³/mol. The minimum atomic E-state index is -0.760. The maximum atomic E-state index is 10.3. The van der Waals surface area contributed by atoms with Gasteiger partial charge in [-0.2, -0.15) is 0 Å². The standard InChI is InChI=1S/C10H8IN2O6/c14-12(15)5-7-1-3-9(18-7)11-10-4-2-8(19-10)6-13(16)17/h1-4H,5-6H2/q+1. The van der Waals surface area contributed by atoms with Crippen molar-refractivity contribution in [1.82, 2.24) is 0 Å². The van der Waals surface area contributed by atoms with Crippen LogP contribution in [0.1, 0.15) is 11.5 Å². The Morgan fingerprint density at radius 1 is 0.895 bits per heavy atom. The Hall–Kier alpha value is -1.91. The van der Waals surface area contributed by atoms with Gasteiger partial charge in [0.05, 0.1) is 0 Å². The summed E-state index contributed by atoms with van der Waals surface area (Å²) in [6.07, 6.45) is 0. The Labute approximate surface area is 116 Å². The van der Waals surface area contributed by atoms with Crippen LogP contribution in [0.2, 0.25) is 0 Å². The van der Waals surface area contributed by atoms with E-state index in [1.807, 2.05) is 0 Å². The van der Waals surface area contributed by atoms with Crippen LogP contribution in [0.15, 0.2) is 33.1 Å². The summed E-state index contributed by atoms with van der Waals surface area (Å²) < 4.78 is 11.8. The molecule has 2 aromatic heterocycles. The van der Waals surface area contributed by atoms with E-state index < -0.39 is 31.1 Å². The van der Waals surface area contributed by atoms with Crippen molar-refractivity contribution < 1.29 is 39.9 Å². The molecule has 0 aromatic carbocycles. The van der Waals surface area contributed by atoms with Crippen molar-refractivity contribution in [3.8, 4) is 0 Å². The van der Waals surface area contributed by atoms with E-state index in [1.54, 1.807) is 24.3 Å². The van der Waals surface area contributed by atoms with Crippen LogP contribution in [0.25, 0.3) is 0 Å². The SMILES string of the molecule is O=[N+]([O-])Cc1ccc([I+]c2ccc(C[N+](=O)[O-])o2)o1. The summed E-state index contributed by atoms with van der Waals surface area (Å²) in [4.78, 5) is 19.7. The number of hydrogen-bond donors (Lipinski definition) is 0. The van der Waals surface area contributed by atoms with Crippen molar-refractivity contribution in [3.05, 3.63) is 63.5 Å². The smallest absolute Gasteiger partial charge is 0.416 e. The van der Waals surface area contributed by atoms with E-state index in [0.717, 1.165) is 0 Å². The summed E-state index contributed by atoms with van der Waals surface area (Å²) in [7, 11) is 0. The monoisotopic (exact) mass is 379 g/mol. The molecule has 0 unspecified atom stereocenters. The van der Waals surface area contributed by atoms with E-state index in [-0.39, 0.29) is 24.6 Å². The molecule has 19 heavy (non-hydrogen) atoms. The minimum absolute atomic E-state index is 0.289. The lowest BCUT2D eigenvalue weighted by molar-refractivity contribution is -0.637. The van der Waals surface area contributed by atoms with Gasteiger partial charge in [-0.05, 0) is 12.1 Å². The highest BCUT2D eigenvalue weighted by Gasteiger charge is 2.26. The minimum Gasteiger partial charge on any atom is -0.416 e. The van der Waals surface area contributed by atoms with Gasteiger partial charge in [0.25, 0.3) is 13.1 Å². The van der Waals surface area contributed by atoms with E-state index >= 15 is 0 Å². The maximum Gasteiger partial charge on any atom is 0.443 e. The third kappa shape index (κ3) is 4.05. The molecule has 2 heterocycles. The predicted octanol–water partition coefficient (Wildman–Crippen LogP) is -1.45. The largest absolute Gasteiger partial charge is 0.443 e. The Morgan fingerprint density at radius 2 is 1.32 bits per heavy atom. The van der Waals surface area contributed by atoms with E-state index in [2.05, 4.69) is 0 Å². The molecule has 0 spiro atoms. The van der Waals surface area contributed by atoms with Gasteiger partial charge in [0.2, 0.25) is 0 Å². The zero-order valence-corrected chi connectivity index (χ0v) is 11.6. The highest BCUT2D eigenvalue weighted by atomic mass is 127. The first-order valence-electron chi connectivity index (χ1n) is 5.09. The highest BCUT2D eigenvalue weighted by Crippen LogP contribution is 2.03. The molecule has 2 aromatic rings. The molecule has 0 aliphatic carbocycles. The van der Waals surface area contributed by atoms with Crippen LogP contribution in [0, 0.1) is 27.8 Å². The second kappa shape index (κ2) is 5.82. The average molecular weight is 379 g/mol. The number of furan rings is 2. The quantitative estimate of drug-likeness (QED) is 0.345. The topological polar surface area (TPSA) is 113 Å². The van der Waals surface area contributed by atoms with Crippen molar-refractivity contribution >= 4 is 0 Å². The van der Waals surface area contributed by atoms with Crippen LogP contribution in [0.3, 0.4) is 0 Å². The zero-order chi connectivity index (χ0) is 13.8. The molecule has 100 valence electrons. The molecule has 0 aliphatic heterocycles. The Morgan fingerprint density at radius 3 is 1.68 bits per heavy atom. The Kier molecular flexibility index (Phi) is 4.14. The van der Waals surface area contributed by atoms with Gasteiger partial charge in [0.15, 0.2) is 11.5 Å². The summed E-state index contributed by atoms with van der Waals surface area (Å²) in [5.74, 6) is 0.577. The Balaban J connectivity index is 2.00. The normalized spacial score (nSPS) is 10.5. The maximum absolute atomic E-state index is 10.3. The Bertz CT molecular complexity index is 552. The number of nitrogens with zero attached hydrogens (tertiary/aromatic N) is 2.